The van der Waals surface area contributed by atoms with Crippen molar-refractivity contribution in [2.45, 2.75) is 12.7 Å². The van der Waals surface area contributed by atoms with Crippen molar-refractivity contribution in [3.05, 3.63) is 35.6 Å². The van der Waals surface area contributed by atoms with Crippen LogP contribution in [0, 0.1) is 5.82 Å². The smallest absolute Gasteiger partial charge is 0.123 e. The van der Waals surface area contributed by atoms with Gasteiger partial charge in [-0.25, -0.2) is 4.39 Å². The zero-order chi connectivity index (χ0) is 11.1. The lowest BCUT2D eigenvalue weighted by Crippen LogP contribution is -2.07. The molecule has 0 bridgehead atoms. The van der Waals surface area contributed by atoms with Gasteiger partial charge in [-0.1, -0.05) is 12.1 Å². The second-order valence-corrected chi connectivity index (χ2v) is 4.69. The molecule has 1 aromatic rings. The first-order chi connectivity index (χ1) is 7.22. The van der Waals surface area contributed by atoms with E-state index in [1.807, 2.05) is 6.92 Å². The van der Waals surface area contributed by atoms with Crippen LogP contribution in [0.15, 0.2) is 24.3 Å². The molecule has 0 radical (unpaired) electrons. The van der Waals surface area contributed by atoms with Gasteiger partial charge in [-0.3, -0.25) is 4.21 Å². The number of benzene rings is 1. The van der Waals surface area contributed by atoms with Crippen molar-refractivity contribution in [2.24, 2.45) is 0 Å². The second-order valence-electron chi connectivity index (χ2n) is 3.11. The van der Waals surface area contributed by atoms with E-state index < -0.39 is 10.8 Å². The Morgan fingerprint density at radius 1 is 1.33 bits per heavy atom. The van der Waals surface area contributed by atoms with Gasteiger partial charge in [0.15, 0.2) is 0 Å². The minimum Gasteiger partial charge on any atom is -0.381 e. The molecule has 84 valence electrons. The van der Waals surface area contributed by atoms with E-state index in [1.165, 1.54) is 12.1 Å². The van der Waals surface area contributed by atoms with E-state index in [2.05, 4.69) is 0 Å². The normalized spacial score (nSPS) is 12.7. The first-order valence-electron chi connectivity index (χ1n) is 4.89. The molecule has 0 saturated heterocycles. The summed E-state index contributed by atoms with van der Waals surface area (Å²) < 4.78 is 29.2. The van der Waals surface area contributed by atoms with Crippen molar-refractivity contribution in [3.8, 4) is 0 Å². The third-order valence-corrected chi connectivity index (χ3v) is 3.18. The monoisotopic (exact) mass is 230 g/mol. The van der Waals surface area contributed by atoms with Gasteiger partial charge in [-0.05, 0) is 24.6 Å². The van der Waals surface area contributed by atoms with Crippen LogP contribution in [0.1, 0.15) is 12.5 Å². The molecule has 0 heterocycles. The van der Waals surface area contributed by atoms with Crippen LogP contribution in [0.4, 0.5) is 4.39 Å². The Labute approximate surface area is 91.9 Å². The van der Waals surface area contributed by atoms with Gasteiger partial charge in [0.05, 0.1) is 6.61 Å². The predicted octanol–water partition coefficient (Wildman–Crippen LogP) is 2.11. The highest BCUT2D eigenvalue weighted by molar-refractivity contribution is 7.84. The largest absolute Gasteiger partial charge is 0.381 e. The highest BCUT2D eigenvalue weighted by Crippen LogP contribution is 2.05. The predicted molar refractivity (Wildman–Crippen MR) is 59.6 cm³/mol. The lowest BCUT2D eigenvalue weighted by molar-refractivity contribution is 0.164. The fourth-order valence-corrected chi connectivity index (χ4v) is 2.15. The molecule has 0 amide bonds. The molecule has 1 aromatic carbocycles. The van der Waals surface area contributed by atoms with Gasteiger partial charge < -0.3 is 4.74 Å². The Kier molecular flexibility index (Phi) is 5.50. The first kappa shape index (κ1) is 12.3. The average Bonchev–Trinajstić information content (AvgIpc) is 2.22. The standard InChI is InChI=1S/C11H15FO2S/c1-2-14-7-8-15(13)9-10-3-5-11(12)6-4-10/h3-6H,2,7-9H2,1H3. The van der Waals surface area contributed by atoms with Gasteiger partial charge in [0.1, 0.15) is 5.82 Å². The van der Waals surface area contributed by atoms with Crippen molar-refractivity contribution in [2.75, 3.05) is 19.0 Å². The maximum atomic E-state index is 12.6. The van der Waals surface area contributed by atoms with Crippen molar-refractivity contribution in [3.63, 3.8) is 0 Å². The summed E-state index contributed by atoms with van der Waals surface area (Å²) in [5.74, 6) is 0.734. The number of hydrogen-bond acceptors (Lipinski definition) is 2. The summed E-state index contributed by atoms with van der Waals surface area (Å²) in [7, 11) is -0.927. The van der Waals surface area contributed by atoms with E-state index in [9.17, 15) is 8.60 Å². The molecular weight excluding hydrogens is 215 g/mol. The topological polar surface area (TPSA) is 26.3 Å². The highest BCUT2D eigenvalue weighted by atomic mass is 32.2. The number of rotatable bonds is 6. The van der Waals surface area contributed by atoms with Gasteiger partial charge in [0, 0.05) is 28.9 Å². The molecule has 0 fully saturated rings. The highest BCUT2D eigenvalue weighted by Gasteiger charge is 2.01. The van der Waals surface area contributed by atoms with E-state index in [-0.39, 0.29) is 5.82 Å². The molecule has 1 atom stereocenters. The molecule has 0 aliphatic carbocycles. The molecule has 4 heteroatoms. The minimum absolute atomic E-state index is 0.265. The van der Waals surface area contributed by atoms with Crippen molar-refractivity contribution >= 4 is 10.8 Å². The lowest BCUT2D eigenvalue weighted by Gasteiger charge is -2.02. The van der Waals surface area contributed by atoms with E-state index in [0.717, 1.165) is 5.56 Å². The van der Waals surface area contributed by atoms with Crippen LogP contribution >= 0.6 is 0 Å². The fourth-order valence-electron chi connectivity index (χ4n) is 1.13. The van der Waals surface area contributed by atoms with E-state index in [1.54, 1.807) is 12.1 Å². The number of ether oxygens (including phenoxy) is 1. The van der Waals surface area contributed by atoms with E-state index in [4.69, 9.17) is 4.74 Å². The van der Waals surface area contributed by atoms with Crippen LogP contribution in [-0.4, -0.2) is 23.2 Å². The first-order valence-corrected chi connectivity index (χ1v) is 6.38. The molecule has 1 unspecified atom stereocenters. The van der Waals surface area contributed by atoms with Crippen molar-refractivity contribution in [1.82, 2.24) is 0 Å². The maximum absolute atomic E-state index is 12.6. The molecule has 0 spiro atoms. The van der Waals surface area contributed by atoms with E-state index in [0.29, 0.717) is 24.7 Å². The lowest BCUT2D eigenvalue weighted by atomic mass is 10.2. The average molecular weight is 230 g/mol. The Balaban J connectivity index is 2.34. The summed E-state index contributed by atoms with van der Waals surface area (Å²) in [5.41, 5.74) is 0.895. The van der Waals surface area contributed by atoms with Gasteiger partial charge in [-0.15, -0.1) is 0 Å². The maximum Gasteiger partial charge on any atom is 0.123 e. The Morgan fingerprint density at radius 2 is 2.00 bits per heavy atom. The van der Waals surface area contributed by atoms with Crippen molar-refractivity contribution in [1.29, 1.82) is 0 Å². The molecule has 15 heavy (non-hydrogen) atoms. The van der Waals surface area contributed by atoms with Crippen LogP contribution in [0.25, 0.3) is 0 Å². The van der Waals surface area contributed by atoms with Crippen molar-refractivity contribution < 1.29 is 13.3 Å². The van der Waals surface area contributed by atoms with Crippen LogP contribution in [0.3, 0.4) is 0 Å². The zero-order valence-corrected chi connectivity index (χ0v) is 9.56. The van der Waals surface area contributed by atoms with Crippen LogP contribution in [0.2, 0.25) is 0 Å². The summed E-state index contributed by atoms with van der Waals surface area (Å²) in [6, 6.07) is 6.09. The van der Waals surface area contributed by atoms with Gasteiger partial charge in [0.2, 0.25) is 0 Å². The Hall–Kier alpha value is -0.740. The summed E-state index contributed by atoms with van der Waals surface area (Å²) >= 11 is 0. The molecule has 0 aliphatic heterocycles. The molecule has 0 saturated carbocycles. The summed E-state index contributed by atoms with van der Waals surface area (Å²) in [5, 5.41) is 0. The molecule has 0 N–H and O–H groups in total. The molecular formula is C11H15FO2S. The molecule has 1 rings (SSSR count). The third kappa shape index (κ3) is 5.04. The van der Waals surface area contributed by atoms with Crippen LogP contribution < -0.4 is 0 Å². The van der Waals surface area contributed by atoms with Crippen LogP contribution in [-0.2, 0) is 21.3 Å². The van der Waals surface area contributed by atoms with Gasteiger partial charge in [-0.2, -0.15) is 0 Å². The Morgan fingerprint density at radius 3 is 2.60 bits per heavy atom. The second kappa shape index (κ2) is 6.69. The SMILES string of the molecule is CCOCCS(=O)Cc1ccc(F)cc1. The molecule has 0 aromatic heterocycles. The summed E-state index contributed by atoms with van der Waals surface area (Å²) in [6.45, 7) is 3.07. The van der Waals surface area contributed by atoms with Gasteiger partial charge >= 0.3 is 0 Å². The summed E-state index contributed by atoms with van der Waals surface area (Å²) in [6.07, 6.45) is 0. The van der Waals surface area contributed by atoms with Gasteiger partial charge in [0.25, 0.3) is 0 Å². The fraction of sp³-hybridized carbons (Fsp3) is 0.455. The number of halogens is 1. The van der Waals surface area contributed by atoms with Crippen LogP contribution in [0.5, 0.6) is 0 Å². The molecule has 0 aliphatic rings. The molecule has 2 nitrogen and oxygen atoms in total. The summed E-state index contributed by atoms with van der Waals surface area (Å²) in [4.78, 5) is 0. The quantitative estimate of drug-likeness (QED) is 0.700. The third-order valence-electron chi connectivity index (χ3n) is 1.90. The number of hydrogen-bond donors (Lipinski definition) is 0. The van der Waals surface area contributed by atoms with E-state index >= 15 is 0 Å². The zero-order valence-electron chi connectivity index (χ0n) is 8.74. The minimum atomic E-state index is -0.927. The Bertz CT molecular complexity index is 311.